The summed E-state index contributed by atoms with van der Waals surface area (Å²) in [6, 6.07) is 0. The van der Waals surface area contributed by atoms with Gasteiger partial charge in [0.1, 0.15) is 5.56 Å². The number of carbonyl (C=O) groups is 1. The highest BCUT2D eigenvalue weighted by Gasteiger charge is 2.21. The van der Waals surface area contributed by atoms with Crippen LogP contribution in [0.1, 0.15) is 32.0 Å². The van der Waals surface area contributed by atoms with Gasteiger partial charge in [0, 0.05) is 32.3 Å². The Morgan fingerprint density at radius 2 is 2.29 bits per heavy atom. The lowest BCUT2D eigenvalue weighted by Crippen LogP contribution is -2.39. The van der Waals surface area contributed by atoms with Crippen molar-refractivity contribution in [2.24, 2.45) is 5.92 Å². The molecule has 2 aromatic rings. The molecule has 0 spiro atoms. The van der Waals surface area contributed by atoms with Gasteiger partial charge in [0.25, 0.3) is 11.4 Å². The lowest BCUT2D eigenvalue weighted by atomic mass is 10.00. The Hall–Kier alpha value is -2.51. The summed E-state index contributed by atoms with van der Waals surface area (Å²) in [7, 11) is 0. The summed E-state index contributed by atoms with van der Waals surface area (Å²) in [6.07, 6.45) is 5.32. The average molecular weight is 331 g/mol. The van der Waals surface area contributed by atoms with E-state index >= 15 is 0 Å². The van der Waals surface area contributed by atoms with Crippen molar-refractivity contribution in [2.75, 3.05) is 13.1 Å². The Balaban J connectivity index is 1.69. The third kappa shape index (κ3) is 3.52. The van der Waals surface area contributed by atoms with Crippen molar-refractivity contribution in [1.82, 2.24) is 24.6 Å². The monoisotopic (exact) mass is 331 g/mol. The molecular formula is C16H21N5O3. The predicted octanol–water partition coefficient (Wildman–Crippen LogP) is 1.25. The third-order valence-electron chi connectivity index (χ3n) is 4.24. The standard InChI is InChI=1S/C16H21N5O3/c1-11-4-3-6-20(9-11)14(22)5-7-21-10-17-8-13(16(21)23)15-18-12(2)19-24-15/h8,10-11H,3-7,9H2,1-2H3. The topological polar surface area (TPSA) is 94.1 Å². The predicted molar refractivity (Wildman–Crippen MR) is 86.1 cm³/mol. The summed E-state index contributed by atoms with van der Waals surface area (Å²) in [6.45, 7) is 5.73. The smallest absolute Gasteiger partial charge is 0.266 e. The second-order valence-electron chi connectivity index (χ2n) is 6.29. The molecule has 0 N–H and O–H groups in total. The van der Waals surface area contributed by atoms with E-state index < -0.39 is 0 Å². The van der Waals surface area contributed by atoms with Gasteiger partial charge in [-0.3, -0.25) is 14.2 Å². The second kappa shape index (κ2) is 6.94. The number of piperidine rings is 1. The highest BCUT2D eigenvalue weighted by Crippen LogP contribution is 2.16. The van der Waals surface area contributed by atoms with Crippen molar-refractivity contribution in [2.45, 2.75) is 39.7 Å². The number of aromatic nitrogens is 4. The average Bonchev–Trinajstić information content (AvgIpc) is 3.00. The maximum absolute atomic E-state index is 12.5. The lowest BCUT2D eigenvalue weighted by molar-refractivity contribution is -0.133. The normalized spacial score (nSPS) is 17.9. The first-order valence-electron chi connectivity index (χ1n) is 8.17. The molecule has 1 saturated heterocycles. The van der Waals surface area contributed by atoms with Crippen LogP contribution in [0.15, 0.2) is 21.8 Å². The fourth-order valence-electron chi connectivity index (χ4n) is 2.95. The zero-order chi connectivity index (χ0) is 17.1. The van der Waals surface area contributed by atoms with E-state index in [1.54, 1.807) is 6.92 Å². The van der Waals surface area contributed by atoms with Gasteiger partial charge in [0.15, 0.2) is 5.82 Å². The van der Waals surface area contributed by atoms with Gasteiger partial charge in [-0.05, 0) is 25.7 Å². The zero-order valence-electron chi connectivity index (χ0n) is 13.9. The van der Waals surface area contributed by atoms with Gasteiger partial charge in [-0.25, -0.2) is 4.98 Å². The van der Waals surface area contributed by atoms with Crippen LogP contribution in [0.4, 0.5) is 0 Å². The van der Waals surface area contributed by atoms with Crippen LogP contribution >= 0.6 is 0 Å². The molecule has 1 aliphatic heterocycles. The number of nitrogens with zero attached hydrogens (tertiary/aromatic N) is 5. The van der Waals surface area contributed by atoms with Crippen LogP contribution in [-0.2, 0) is 11.3 Å². The van der Waals surface area contributed by atoms with Crippen molar-refractivity contribution >= 4 is 5.91 Å². The van der Waals surface area contributed by atoms with E-state index in [9.17, 15) is 9.59 Å². The van der Waals surface area contributed by atoms with Gasteiger partial charge in [0.05, 0.1) is 6.33 Å². The Bertz CT molecular complexity index is 782. The molecule has 0 aliphatic carbocycles. The van der Waals surface area contributed by atoms with Crippen LogP contribution in [0.25, 0.3) is 11.5 Å². The van der Waals surface area contributed by atoms with Crippen LogP contribution < -0.4 is 5.56 Å². The van der Waals surface area contributed by atoms with E-state index in [1.165, 1.54) is 23.5 Å². The molecule has 3 rings (SSSR count). The van der Waals surface area contributed by atoms with E-state index in [0.717, 1.165) is 19.5 Å². The third-order valence-corrected chi connectivity index (χ3v) is 4.24. The number of carbonyl (C=O) groups excluding carboxylic acids is 1. The molecule has 8 heteroatoms. The van der Waals surface area contributed by atoms with Gasteiger partial charge < -0.3 is 9.42 Å². The Morgan fingerprint density at radius 1 is 1.46 bits per heavy atom. The van der Waals surface area contributed by atoms with Crippen molar-refractivity contribution in [3.8, 4) is 11.5 Å². The fraction of sp³-hybridized carbons (Fsp3) is 0.562. The highest BCUT2D eigenvalue weighted by molar-refractivity contribution is 5.76. The molecule has 0 aromatic carbocycles. The Kier molecular flexibility index (Phi) is 4.73. The summed E-state index contributed by atoms with van der Waals surface area (Å²) in [5.41, 5.74) is -0.0365. The second-order valence-corrected chi connectivity index (χ2v) is 6.29. The summed E-state index contributed by atoms with van der Waals surface area (Å²) < 4.78 is 6.45. The van der Waals surface area contributed by atoms with Gasteiger partial charge in [-0.2, -0.15) is 4.98 Å². The SMILES string of the molecule is Cc1noc(-c2cncn(CCC(=O)N3CCCC(C)C3)c2=O)n1. The van der Waals surface area contributed by atoms with Gasteiger partial charge >= 0.3 is 0 Å². The summed E-state index contributed by atoms with van der Waals surface area (Å²) in [5, 5.41) is 3.68. The number of rotatable bonds is 4. The first-order chi connectivity index (χ1) is 11.5. The molecule has 1 amide bonds. The molecule has 0 saturated carbocycles. The van der Waals surface area contributed by atoms with Crippen molar-refractivity contribution in [3.05, 3.63) is 28.7 Å². The molecular weight excluding hydrogens is 310 g/mol. The molecule has 2 aromatic heterocycles. The van der Waals surface area contributed by atoms with Crippen molar-refractivity contribution in [3.63, 3.8) is 0 Å². The number of hydrogen-bond donors (Lipinski definition) is 0. The van der Waals surface area contributed by atoms with Gasteiger partial charge in [0.2, 0.25) is 5.91 Å². The maximum atomic E-state index is 12.5. The maximum Gasteiger partial charge on any atom is 0.266 e. The number of aryl methyl sites for hydroxylation is 2. The van der Waals surface area contributed by atoms with E-state index in [4.69, 9.17) is 4.52 Å². The molecule has 0 radical (unpaired) electrons. The Labute approximate surface area is 139 Å². The molecule has 3 heterocycles. The fourth-order valence-corrected chi connectivity index (χ4v) is 2.95. The van der Waals surface area contributed by atoms with Crippen LogP contribution in [-0.4, -0.2) is 43.6 Å². The first kappa shape index (κ1) is 16.4. The molecule has 1 aliphatic rings. The van der Waals surface area contributed by atoms with Crippen LogP contribution in [0.3, 0.4) is 0 Å². The molecule has 8 nitrogen and oxygen atoms in total. The minimum absolute atomic E-state index is 0.0764. The molecule has 128 valence electrons. The largest absolute Gasteiger partial charge is 0.342 e. The lowest BCUT2D eigenvalue weighted by Gasteiger charge is -2.31. The quantitative estimate of drug-likeness (QED) is 0.837. The van der Waals surface area contributed by atoms with E-state index in [0.29, 0.717) is 11.7 Å². The van der Waals surface area contributed by atoms with Crippen LogP contribution in [0.2, 0.25) is 0 Å². The molecule has 0 bridgehead atoms. The summed E-state index contributed by atoms with van der Waals surface area (Å²) in [5.74, 6) is 1.22. The van der Waals surface area contributed by atoms with Crippen molar-refractivity contribution in [1.29, 1.82) is 0 Å². The number of hydrogen-bond acceptors (Lipinski definition) is 6. The Morgan fingerprint density at radius 3 is 3.00 bits per heavy atom. The molecule has 1 atom stereocenters. The summed E-state index contributed by atoms with van der Waals surface area (Å²) in [4.78, 5) is 34.8. The van der Waals surface area contributed by atoms with Gasteiger partial charge in [-0.1, -0.05) is 12.1 Å². The number of amides is 1. The highest BCUT2D eigenvalue weighted by atomic mass is 16.5. The first-order valence-corrected chi connectivity index (χ1v) is 8.17. The van der Waals surface area contributed by atoms with Crippen LogP contribution in [0, 0.1) is 12.8 Å². The molecule has 24 heavy (non-hydrogen) atoms. The summed E-state index contributed by atoms with van der Waals surface area (Å²) >= 11 is 0. The van der Waals surface area contributed by atoms with E-state index in [1.807, 2.05) is 4.90 Å². The molecule has 1 unspecified atom stereocenters. The van der Waals surface area contributed by atoms with E-state index in [-0.39, 0.29) is 35.9 Å². The minimum atomic E-state index is -0.284. The van der Waals surface area contributed by atoms with Gasteiger partial charge in [-0.15, -0.1) is 0 Å². The van der Waals surface area contributed by atoms with Crippen LogP contribution in [0.5, 0.6) is 0 Å². The van der Waals surface area contributed by atoms with E-state index in [2.05, 4.69) is 22.0 Å². The number of likely N-dealkylation sites (tertiary alicyclic amines) is 1. The van der Waals surface area contributed by atoms with Crippen molar-refractivity contribution < 1.29 is 9.32 Å². The molecule has 1 fully saturated rings. The zero-order valence-corrected chi connectivity index (χ0v) is 13.9. The minimum Gasteiger partial charge on any atom is -0.342 e.